The van der Waals surface area contributed by atoms with Crippen LogP contribution in [0.2, 0.25) is 0 Å². The van der Waals surface area contributed by atoms with Crippen LogP contribution in [-0.2, 0) is 5.60 Å². The molecule has 2 rings (SSSR count). The molecule has 0 saturated heterocycles. The molecule has 19 heavy (non-hydrogen) atoms. The summed E-state index contributed by atoms with van der Waals surface area (Å²) < 4.78 is 5.98. The smallest absolute Gasteiger partial charge is 0.251 e. The molecule has 0 radical (unpaired) electrons. The molecule has 0 aliphatic heterocycles. The van der Waals surface area contributed by atoms with E-state index in [9.17, 15) is 9.90 Å². The van der Waals surface area contributed by atoms with Crippen LogP contribution in [0.3, 0.4) is 0 Å². The van der Waals surface area contributed by atoms with E-state index in [1.54, 1.807) is 37.3 Å². The van der Waals surface area contributed by atoms with Crippen molar-refractivity contribution < 1.29 is 14.3 Å². The average molecular weight is 324 g/mol. The van der Waals surface area contributed by atoms with Gasteiger partial charge in [0, 0.05) is 10.0 Å². The summed E-state index contributed by atoms with van der Waals surface area (Å²) in [5.41, 5.74) is -0.699. The second-order valence-electron chi connectivity index (χ2n) is 4.44. The van der Waals surface area contributed by atoms with Crippen molar-refractivity contribution in [3.05, 3.63) is 58.5 Å². The first-order valence-corrected chi connectivity index (χ1v) is 6.58. The highest BCUT2D eigenvalue weighted by Gasteiger charge is 2.26. The molecule has 1 heterocycles. The highest BCUT2D eigenvalue weighted by Crippen LogP contribution is 2.20. The van der Waals surface area contributed by atoms with Crippen molar-refractivity contribution in [1.29, 1.82) is 0 Å². The summed E-state index contributed by atoms with van der Waals surface area (Å²) in [4.78, 5) is 11.9. The van der Waals surface area contributed by atoms with Gasteiger partial charge in [0.05, 0.1) is 12.8 Å². The van der Waals surface area contributed by atoms with E-state index in [1.165, 1.54) is 6.26 Å². The lowest BCUT2D eigenvalue weighted by Crippen LogP contribution is -2.38. The Balaban J connectivity index is 2.01. The Morgan fingerprint density at radius 2 is 2.21 bits per heavy atom. The standard InChI is InChI=1S/C14H14BrNO3/c1-14(18,12-6-3-7-19-12)9-16-13(17)10-4-2-5-11(15)8-10/h2-8,18H,9H2,1H3,(H,16,17). The third-order valence-corrected chi connectivity index (χ3v) is 3.23. The van der Waals surface area contributed by atoms with Gasteiger partial charge in [-0.15, -0.1) is 0 Å². The van der Waals surface area contributed by atoms with Crippen molar-refractivity contribution >= 4 is 21.8 Å². The van der Waals surface area contributed by atoms with Crippen molar-refractivity contribution in [1.82, 2.24) is 5.32 Å². The molecule has 1 unspecified atom stereocenters. The fourth-order valence-electron chi connectivity index (χ4n) is 1.66. The minimum atomic E-state index is -1.23. The summed E-state index contributed by atoms with van der Waals surface area (Å²) >= 11 is 3.31. The maximum Gasteiger partial charge on any atom is 0.251 e. The van der Waals surface area contributed by atoms with Crippen LogP contribution in [0.15, 0.2) is 51.6 Å². The van der Waals surface area contributed by atoms with Crippen molar-refractivity contribution in [2.45, 2.75) is 12.5 Å². The normalized spacial score (nSPS) is 13.8. The quantitative estimate of drug-likeness (QED) is 0.909. The number of amides is 1. The number of rotatable bonds is 4. The molecular weight excluding hydrogens is 310 g/mol. The highest BCUT2D eigenvalue weighted by molar-refractivity contribution is 9.10. The summed E-state index contributed by atoms with van der Waals surface area (Å²) in [7, 11) is 0. The summed E-state index contributed by atoms with van der Waals surface area (Å²) in [5.74, 6) is 0.176. The fourth-order valence-corrected chi connectivity index (χ4v) is 2.06. The maximum atomic E-state index is 11.9. The molecule has 0 fully saturated rings. The van der Waals surface area contributed by atoms with Crippen LogP contribution in [0.1, 0.15) is 23.0 Å². The first kappa shape index (κ1) is 13.8. The Bertz CT molecular complexity index is 564. The Labute approximate surface area is 119 Å². The van der Waals surface area contributed by atoms with Gasteiger partial charge in [0.15, 0.2) is 0 Å². The van der Waals surface area contributed by atoms with Crippen LogP contribution in [0.25, 0.3) is 0 Å². The Morgan fingerprint density at radius 3 is 2.84 bits per heavy atom. The molecule has 1 amide bonds. The number of carbonyl (C=O) groups is 1. The zero-order valence-corrected chi connectivity index (χ0v) is 12.0. The van der Waals surface area contributed by atoms with Gasteiger partial charge >= 0.3 is 0 Å². The van der Waals surface area contributed by atoms with E-state index >= 15 is 0 Å². The molecule has 0 saturated carbocycles. The predicted octanol–water partition coefficient (Wildman–Crippen LogP) is 2.68. The molecule has 0 bridgehead atoms. The van der Waals surface area contributed by atoms with Gasteiger partial charge in [-0.2, -0.15) is 0 Å². The summed E-state index contributed by atoms with van der Waals surface area (Å²) in [6.07, 6.45) is 1.49. The van der Waals surface area contributed by atoms with Crippen molar-refractivity contribution in [3.8, 4) is 0 Å². The van der Waals surface area contributed by atoms with Crippen LogP contribution in [0.5, 0.6) is 0 Å². The molecule has 4 nitrogen and oxygen atoms in total. The second kappa shape index (κ2) is 5.59. The summed E-state index contributed by atoms with van der Waals surface area (Å²) in [6.45, 7) is 1.67. The number of hydrogen-bond donors (Lipinski definition) is 2. The van der Waals surface area contributed by atoms with Gasteiger partial charge in [-0.25, -0.2) is 0 Å². The highest BCUT2D eigenvalue weighted by atomic mass is 79.9. The van der Waals surface area contributed by atoms with Crippen LogP contribution in [0.4, 0.5) is 0 Å². The molecule has 1 aromatic carbocycles. The van der Waals surface area contributed by atoms with E-state index in [2.05, 4.69) is 21.2 Å². The minimum Gasteiger partial charge on any atom is -0.466 e. The zero-order chi connectivity index (χ0) is 13.9. The van der Waals surface area contributed by atoms with Crippen LogP contribution in [-0.4, -0.2) is 17.6 Å². The van der Waals surface area contributed by atoms with Crippen LogP contribution < -0.4 is 5.32 Å². The predicted molar refractivity (Wildman–Crippen MR) is 74.8 cm³/mol. The topological polar surface area (TPSA) is 62.5 Å². The summed E-state index contributed by atoms with van der Waals surface area (Å²) in [5, 5.41) is 12.9. The monoisotopic (exact) mass is 323 g/mol. The summed E-state index contributed by atoms with van der Waals surface area (Å²) in [6, 6.07) is 10.4. The Hall–Kier alpha value is -1.59. The van der Waals surface area contributed by atoms with E-state index in [-0.39, 0.29) is 12.5 Å². The number of carbonyl (C=O) groups excluding carboxylic acids is 1. The van der Waals surface area contributed by atoms with Crippen molar-refractivity contribution in [3.63, 3.8) is 0 Å². The lowest BCUT2D eigenvalue weighted by molar-refractivity contribution is 0.0330. The lowest BCUT2D eigenvalue weighted by atomic mass is 10.0. The minimum absolute atomic E-state index is 0.0753. The third kappa shape index (κ3) is 3.45. The number of furan rings is 1. The van der Waals surface area contributed by atoms with E-state index in [4.69, 9.17) is 4.42 Å². The first-order chi connectivity index (χ1) is 8.99. The number of hydrogen-bond acceptors (Lipinski definition) is 3. The first-order valence-electron chi connectivity index (χ1n) is 5.79. The lowest BCUT2D eigenvalue weighted by Gasteiger charge is -2.21. The number of aliphatic hydroxyl groups is 1. The van der Waals surface area contributed by atoms with E-state index in [1.807, 2.05) is 6.07 Å². The second-order valence-corrected chi connectivity index (χ2v) is 5.36. The Kier molecular flexibility index (Phi) is 4.07. The van der Waals surface area contributed by atoms with Crippen LogP contribution >= 0.6 is 15.9 Å². The molecule has 0 aliphatic rings. The largest absolute Gasteiger partial charge is 0.466 e. The van der Waals surface area contributed by atoms with Gasteiger partial charge in [0.25, 0.3) is 5.91 Å². The van der Waals surface area contributed by atoms with Gasteiger partial charge in [-0.3, -0.25) is 4.79 Å². The SMILES string of the molecule is CC(O)(CNC(=O)c1cccc(Br)c1)c1ccco1. The van der Waals surface area contributed by atoms with E-state index in [0.29, 0.717) is 11.3 Å². The van der Waals surface area contributed by atoms with E-state index < -0.39 is 5.60 Å². The van der Waals surface area contributed by atoms with Gasteiger partial charge in [0.2, 0.25) is 0 Å². The maximum absolute atomic E-state index is 11.9. The molecule has 1 atom stereocenters. The number of halogens is 1. The Morgan fingerprint density at radius 1 is 1.42 bits per heavy atom. The molecule has 2 aromatic rings. The number of benzene rings is 1. The molecule has 1 aromatic heterocycles. The third-order valence-electron chi connectivity index (χ3n) is 2.73. The molecular formula is C14H14BrNO3. The molecule has 2 N–H and O–H groups in total. The number of nitrogens with one attached hydrogen (secondary N) is 1. The van der Waals surface area contributed by atoms with E-state index in [0.717, 1.165) is 4.47 Å². The van der Waals surface area contributed by atoms with Gasteiger partial charge in [-0.05, 0) is 37.3 Å². The van der Waals surface area contributed by atoms with Gasteiger partial charge in [0.1, 0.15) is 11.4 Å². The molecule has 0 aliphatic carbocycles. The van der Waals surface area contributed by atoms with Crippen molar-refractivity contribution in [2.75, 3.05) is 6.54 Å². The molecule has 0 spiro atoms. The van der Waals surface area contributed by atoms with Crippen LogP contribution in [0, 0.1) is 0 Å². The fraction of sp³-hybridized carbons (Fsp3) is 0.214. The zero-order valence-electron chi connectivity index (χ0n) is 10.4. The average Bonchev–Trinajstić information content (AvgIpc) is 2.90. The molecule has 100 valence electrons. The van der Waals surface area contributed by atoms with Gasteiger partial charge < -0.3 is 14.8 Å². The van der Waals surface area contributed by atoms with Gasteiger partial charge in [-0.1, -0.05) is 22.0 Å². The van der Waals surface area contributed by atoms with Crippen molar-refractivity contribution in [2.24, 2.45) is 0 Å². The molecule has 5 heteroatoms.